The molecule has 0 atom stereocenters. The summed E-state index contributed by atoms with van der Waals surface area (Å²) in [7, 11) is 1.68. The summed E-state index contributed by atoms with van der Waals surface area (Å²) in [5, 5.41) is 18.9. The highest BCUT2D eigenvalue weighted by molar-refractivity contribution is 5.89. The molecule has 0 saturated carbocycles. The van der Waals surface area contributed by atoms with Crippen LogP contribution in [-0.2, 0) is 13.6 Å². The van der Waals surface area contributed by atoms with Gasteiger partial charge in [-0.05, 0) is 6.07 Å². The Morgan fingerprint density at radius 3 is 2.74 bits per heavy atom. The van der Waals surface area contributed by atoms with Gasteiger partial charge in [-0.3, -0.25) is 4.68 Å². The van der Waals surface area contributed by atoms with Crippen molar-refractivity contribution in [2.75, 3.05) is 5.32 Å². The highest BCUT2D eigenvalue weighted by Gasteiger charge is 2.15. The number of aryl methyl sites for hydroxylation is 1. The largest absolute Gasteiger partial charge is 0.478 e. The molecule has 0 fully saturated rings. The number of anilines is 1. The number of carboxylic acid groups (broad SMARTS) is 1. The summed E-state index contributed by atoms with van der Waals surface area (Å²) in [6.07, 6.45) is 1.62. The number of hydrogen-bond donors (Lipinski definition) is 2. The first-order chi connectivity index (χ1) is 8.97. The van der Waals surface area contributed by atoms with E-state index in [1.165, 1.54) is 4.68 Å². The molecule has 6 nitrogen and oxygen atoms in total. The van der Waals surface area contributed by atoms with Gasteiger partial charge >= 0.3 is 5.97 Å². The minimum atomic E-state index is -1.46. The second-order valence-corrected chi connectivity index (χ2v) is 3.85. The van der Waals surface area contributed by atoms with Crippen molar-refractivity contribution in [1.82, 2.24) is 15.0 Å². The normalized spacial score (nSPS) is 10.5. The Labute approximate surface area is 106 Å². The van der Waals surface area contributed by atoms with Crippen LogP contribution in [0, 0.1) is 11.6 Å². The maximum Gasteiger partial charge on any atom is 0.338 e. The van der Waals surface area contributed by atoms with Crippen LogP contribution in [0.4, 0.5) is 14.5 Å². The van der Waals surface area contributed by atoms with E-state index in [1.807, 2.05) is 0 Å². The number of carbonyl (C=O) groups is 1. The molecular formula is C11H10F2N4O2. The Morgan fingerprint density at radius 1 is 1.42 bits per heavy atom. The molecule has 0 aliphatic heterocycles. The van der Waals surface area contributed by atoms with E-state index in [0.717, 1.165) is 6.07 Å². The van der Waals surface area contributed by atoms with Gasteiger partial charge in [0.1, 0.15) is 17.3 Å². The topological polar surface area (TPSA) is 80.0 Å². The van der Waals surface area contributed by atoms with Crippen LogP contribution in [0.1, 0.15) is 16.1 Å². The van der Waals surface area contributed by atoms with E-state index < -0.39 is 23.2 Å². The van der Waals surface area contributed by atoms with Crippen LogP contribution in [0.5, 0.6) is 0 Å². The van der Waals surface area contributed by atoms with E-state index in [2.05, 4.69) is 15.6 Å². The summed E-state index contributed by atoms with van der Waals surface area (Å²) in [4.78, 5) is 10.7. The molecule has 0 bridgehead atoms. The van der Waals surface area contributed by atoms with Gasteiger partial charge in [-0.2, -0.15) is 0 Å². The van der Waals surface area contributed by atoms with Crippen molar-refractivity contribution in [2.24, 2.45) is 7.05 Å². The first-order valence-corrected chi connectivity index (χ1v) is 5.29. The van der Waals surface area contributed by atoms with Gasteiger partial charge in [-0.1, -0.05) is 5.21 Å². The van der Waals surface area contributed by atoms with E-state index in [9.17, 15) is 13.6 Å². The molecule has 2 rings (SSSR count). The van der Waals surface area contributed by atoms with Crippen LogP contribution >= 0.6 is 0 Å². The Kier molecular flexibility index (Phi) is 3.41. The van der Waals surface area contributed by atoms with Crippen molar-refractivity contribution in [3.05, 3.63) is 41.2 Å². The third kappa shape index (κ3) is 2.84. The van der Waals surface area contributed by atoms with Crippen molar-refractivity contribution in [3.63, 3.8) is 0 Å². The van der Waals surface area contributed by atoms with E-state index in [-0.39, 0.29) is 12.2 Å². The minimum Gasteiger partial charge on any atom is -0.478 e. The fourth-order valence-electron chi connectivity index (χ4n) is 1.51. The summed E-state index contributed by atoms with van der Waals surface area (Å²) in [6.45, 7) is 0.148. The highest BCUT2D eigenvalue weighted by Crippen LogP contribution is 2.20. The zero-order chi connectivity index (χ0) is 14.0. The minimum absolute atomic E-state index is 0.107. The van der Waals surface area contributed by atoms with Crippen LogP contribution < -0.4 is 5.32 Å². The van der Waals surface area contributed by atoms with Crippen molar-refractivity contribution >= 4 is 11.7 Å². The molecule has 0 aliphatic carbocycles. The number of benzene rings is 1. The van der Waals surface area contributed by atoms with Crippen LogP contribution in [0.3, 0.4) is 0 Å². The van der Waals surface area contributed by atoms with Crippen molar-refractivity contribution in [2.45, 2.75) is 6.54 Å². The van der Waals surface area contributed by atoms with Crippen molar-refractivity contribution in [3.8, 4) is 0 Å². The summed E-state index contributed by atoms with van der Waals surface area (Å²) in [5.41, 5.74) is -0.157. The van der Waals surface area contributed by atoms with Gasteiger partial charge in [0.05, 0.1) is 17.8 Å². The quantitative estimate of drug-likeness (QED) is 0.876. The maximum absolute atomic E-state index is 13.5. The molecule has 8 heteroatoms. The van der Waals surface area contributed by atoms with E-state index in [4.69, 9.17) is 5.11 Å². The molecule has 19 heavy (non-hydrogen) atoms. The van der Waals surface area contributed by atoms with Gasteiger partial charge in [0, 0.05) is 19.3 Å². The number of aromatic nitrogens is 3. The van der Waals surface area contributed by atoms with Gasteiger partial charge in [-0.15, -0.1) is 5.10 Å². The van der Waals surface area contributed by atoms with Crippen LogP contribution in [0.2, 0.25) is 0 Å². The molecule has 0 saturated heterocycles. The van der Waals surface area contributed by atoms with Crippen molar-refractivity contribution in [1.29, 1.82) is 0 Å². The molecule has 1 heterocycles. The summed E-state index contributed by atoms with van der Waals surface area (Å²) >= 11 is 0. The highest BCUT2D eigenvalue weighted by atomic mass is 19.1. The monoisotopic (exact) mass is 268 g/mol. The molecule has 1 aromatic heterocycles. The number of nitrogens with one attached hydrogen (secondary N) is 1. The van der Waals surface area contributed by atoms with Crippen molar-refractivity contribution < 1.29 is 18.7 Å². The molecule has 1 aromatic carbocycles. The lowest BCUT2D eigenvalue weighted by Crippen LogP contribution is -2.07. The summed E-state index contributed by atoms with van der Waals surface area (Å²) < 4.78 is 28.1. The predicted molar refractivity (Wildman–Crippen MR) is 61.6 cm³/mol. The number of halogens is 2. The number of nitrogens with zero attached hydrogens (tertiary/aromatic N) is 3. The first-order valence-electron chi connectivity index (χ1n) is 5.29. The van der Waals surface area contributed by atoms with Gasteiger partial charge in [0.2, 0.25) is 0 Å². The molecule has 0 amide bonds. The molecule has 2 N–H and O–H groups in total. The Balaban J connectivity index is 2.20. The second-order valence-electron chi connectivity index (χ2n) is 3.85. The van der Waals surface area contributed by atoms with Crippen LogP contribution in [-0.4, -0.2) is 26.1 Å². The fraction of sp³-hybridized carbons (Fsp3) is 0.182. The Morgan fingerprint density at radius 2 is 2.16 bits per heavy atom. The van der Waals surface area contributed by atoms with Gasteiger partial charge in [0.25, 0.3) is 0 Å². The van der Waals surface area contributed by atoms with Crippen LogP contribution in [0.25, 0.3) is 0 Å². The average molecular weight is 268 g/mol. The predicted octanol–water partition coefficient (Wildman–Crippen LogP) is 1.40. The lowest BCUT2D eigenvalue weighted by Gasteiger charge is -2.07. The maximum atomic E-state index is 13.5. The third-order valence-electron chi connectivity index (χ3n) is 2.40. The Bertz CT molecular complexity index is 627. The first kappa shape index (κ1) is 12.9. The molecule has 0 aliphatic rings. The lowest BCUT2D eigenvalue weighted by molar-refractivity contribution is 0.0692. The number of rotatable bonds is 4. The molecule has 100 valence electrons. The summed E-state index contributed by atoms with van der Waals surface area (Å²) in [6, 6.07) is 1.44. The van der Waals surface area contributed by atoms with Gasteiger partial charge in [-0.25, -0.2) is 13.6 Å². The van der Waals surface area contributed by atoms with Gasteiger partial charge < -0.3 is 10.4 Å². The number of carboxylic acids is 1. The molecule has 0 radical (unpaired) electrons. The van der Waals surface area contributed by atoms with E-state index in [0.29, 0.717) is 11.8 Å². The molecular weight excluding hydrogens is 258 g/mol. The second kappa shape index (κ2) is 5.01. The Hall–Kier alpha value is -2.51. The summed E-state index contributed by atoms with van der Waals surface area (Å²) in [5.74, 6) is -3.44. The van der Waals surface area contributed by atoms with Crippen LogP contribution in [0.15, 0.2) is 18.3 Å². The lowest BCUT2D eigenvalue weighted by atomic mass is 10.1. The van der Waals surface area contributed by atoms with E-state index >= 15 is 0 Å². The number of hydrogen-bond acceptors (Lipinski definition) is 4. The molecule has 0 unspecified atom stereocenters. The standard InChI is InChI=1S/C11H10F2N4O2/c1-17-5-6(15-16-17)4-14-10-2-7(11(18)19)8(12)3-9(10)13/h2-3,5,14H,4H2,1H3,(H,18,19). The third-order valence-corrected chi connectivity index (χ3v) is 2.40. The van der Waals surface area contributed by atoms with Gasteiger partial charge in [0.15, 0.2) is 0 Å². The van der Waals surface area contributed by atoms with E-state index in [1.54, 1.807) is 13.2 Å². The molecule has 2 aromatic rings. The zero-order valence-corrected chi connectivity index (χ0v) is 9.89. The average Bonchev–Trinajstić information content (AvgIpc) is 2.73. The molecule has 0 spiro atoms. The SMILES string of the molecule is Cn1cc(CNc2cc(C(=O)O)c(F)cc2F)nn1. The number of aromatic carboxylic acids is 1. The zero-order valence-electron chi connectivity index (χ0n) is 9.89. The fourth-order valence-corrected chi connectivity index (χ4v) is 1.51. The smallest absolute Gasteiger partial charge is 0.338 e.